The second-order valence-corrected chi connectivity index (χ2v) is 6.21. The quantitative estimate of drug-likeness (QED) is 0.603. The van der Waals surface area contributed by atoms with E-state index in [1.54, 1.807) is 18.2 Å². The van der Waals surface area contributed by atoms with Crippen LogP contribution in [-0.2, 0) is 4.79 Å². The summed E-state index contributed by atoms with van der Waals surface area (Å²) in [6.45, 7) is -0.591. The van der Waals surface area contributed by atoms with Crippen LogP contribution >= 0.6 is 39.1 Å². The van der Waals surface area contributed by atoms with Crippen molar-refractivity contribution in [3.05, 3.63) is 34.5 Å². The van der Waals surface area contributed by atoms with Gasteiger partial charge in [-0.25, -0.2) is 0 Å². The third-order valence-corrected chi connectivity index (χ3v) is 3.62. The first-order valence-electron chi connectivity index (χ1n) is 5.85. The van der Waals surface area contributed by atoms with Crippen LogP contribution in [-0.4, -0.2) is 34.3 Å². The minimum Gasteiger partial charge on any atom is -0.453 e. The Balaban J connectivity index is 2.25. The monoisotopic (exact) mass is 393 g/mol. The third kappa shape index (κ3) is 3.77. The molecular weight excluding hydrogens is 385 g/mol. The molecule has 21 heavy (non-hydrogen) atoms. The van der Waals surface area contributed by atoms with Crippen molar-refractivity contribution < 1.29 is 19.1 Å². The lowest BCUT2D eigenvalue weighted by Crippen LogP contribution is -2.45. The van der Waals surface area contributed by atoms with Crippen LogP contribution in [0.2, 0.25) is 0 Å². The lowest BCUT2D eigenvalue weighted by Gasteiger charge is -2.13. The standard InChI is InChI=1S/C13H10BrCl2NO4/c14-7-1-2-9-6(3-7)4-10(21-9)11(19)8(5-18)17-13(20)12(15)16/h1-4,8,12,18H,5H2,(H,17,20). The third-order valence-electron chi connectivity index (χ3n) is 2.73. The van der Waals surface area contributed by atoms with E-state index < -0.39 is 29.2 Å². The normalized spacial score (nSPS) is 12.6. The summed E-state index contributed by atoms with van der Waals surface area (Å²) in [5.41, 5.74) is 0.525. The number of carbonyl (C=O) groups is 2. The average molecular weight is 395 g/mol. The fourth-order valence-corrected chi connectivity index (χ4v) is 2.24. The summed E-state index contributed by atoms with van der Waals surface area (Å²) in [7, 11) is 0. The van der Waals surface area contributed by atoms with Crippen molar-refractivity contribution in [2.75, 3.05) is 6.61 Å². The summed E-state index contributed by atoms with van der Waals surface area (Å²) in [6, 6.07) is 5.64. The Morgan fingerprint density at radius 1 is 1.33 bits per heavy atom. The van der Waals surface area contributed by atoms with E-state index in [2.05, 4.69) is 21.2 Å². The molecule has 8 heteroatoms. The molecule has 1 aromatic carbocycles. The number of hydrogen-bond acceptors (Lipinski definition) is 4. The maximum atomic E-state index is 12.2. The lowest BCUT2D eigenvalue weighted by atomic mass is 10.1. The number of Topliss-reactive ketones (excluding diaryl/α,β-unsaturated/α-hetero) is 1. The topological polar surface area (TPSA) is 79.5 Å². The molecule has 0 saturated carbocycles. The number of nitrogens with one attached hydrogen (secondary N) is 1. The molecule has 0 aliphatic carbocycles. The van der Waals surface area contributed by atoms with Gasteiger partial charge < -0.3 is 14.8 Å². The van der Waals surface area contributed by atoms with Crippen molar-refractivity contribution in [3.63, 3.8) is 0 Å². The molecule has 1 amide bonds. The van der Waals surface area contributed by atoms with Crippen LogP contribution in [0.15, 0.2) is 33.2 Å². The number of halogens is 3. The number of benzene rings is 1. The van der Waals surface area contributed by atoms with Crippen LogP contribution in [0.25, 0.3) is 11.0 Å². The van der Waals surface area contributed by atoms with Gasteiger partial charge >= 0.3 is 0 Å². The largest absolute Gasteiger partial charge is 0.453 e. The maximum Gasteiger partial charge on any atom is 0.253 e. The molecular formula is C13H10BrCl2NO4. The van der Waals surface area contributed by atoms with E-state index in [-0.39, 0.29) is 5.76 Å². The molecule has 1 aromatic heterocycles. The second kappa shape index (κ2) is 6.79. The molecule has 1 heterocycles. The van der Waals surface area contributed by atoms with Gasteiger partial charge in [-0.05, 0) is 24.3 Å². The molecule has 1 atom stereocenters. The summed E-state index contributed by atoms with van der Waals surface area (Å²) in [4.78, 5) is 22.3. The van der Waals surface area contributed by atoms with Gasteiger partial charge in [-0.15, -0.1) is 0 Å². The number of rotatable bonds is 5. The molecule has 2 aromatic rings. The first kappa shape index (κ1) is 16.3. The highest BCUT2D eigenvalue weighted by atomic mass is 79.9. The SMILES string of the molecule is O=C(NC(CO)C(=O)c1cc2cc(Br)ccc2o1)C(Cl)Cl. The molecule has 0 radical (unpaired) electrons. The zero-order valence-electron chi connectivity index (χ0n) is 10.5. The predicted octanol–water partition coefficient (Wildman–Crippen LogP) is 2.66. The van der Waals surface area contributed by atoms with E-state index in [0.717, 1.165) is 9.86 Å². The number of fused-ring (bicyclic) bond motifs is 1. The van der Waals surface area contributed by atoms with Crippen molar-refractivity contribution in [2.24, 2.45) is 0 Å². The number of furan rings is 1. The van der Waals surface area contributed by atoms with Crippen molar-refractivity contribution in [1.29, 1.82) is 0 Å². The van der Waals surface area contributed by atoms with Crippen LogP contribution in [0.1, 0.15) is 10.6 Å². The Morgan fingerprint density at radius 2 is 2.05 bits per heavy atom. The van der Waals surface area contributed by atoms with Crippen LogP contribution in [0.5, 0.6) is 0 Å². The number of aliphatic hydroxyl groups excluding tert-OH is 1. The number of carbonyl (C=O) groups excluding carboxylic acids is 2. The number of hydrogen-bond donors (Lipinski definition) is 2. The van der Waals surface area contributed by atoms with Crippen LogP contribution in [0.3, 0.4) is 0 Å². The molecule has 5 nitrogen and oxygen atoms in total. The van der Waals surface area contributed by atoms with Crippen molar-refractivity contribution in [2.45, 2.75) is 10.9 Å². The Morgan fingerprint density at radius 3 is 2.67 bits per heavy atom. The molecule has 2 N–H and O–H groups in total. The van der Waals surface area contributed by atoms with Gasteiger partial charge in [0.1, 0.15) is 11.6 Å². The van der Waals surface area contributed by atoms with Crippen molar-refractivity contribution >= 4 is 61.8 Å². The molecule has 0 aliphatic heterocycles. The summed E-state index contributed by atoms with van der Waals surface area (Å²) in [5, 5.41) is 12.2. The highest BCUT2D eigenvalue weighted by molar-refractivity contribution is 9.10. The van der Waals surface area contributed by atoms with Crippen LogP contribution in [0.4, 0.5) is 0 Å². The number of alkyl halides is 2. The van der Waals surface area contributed by atoms with Crippen molar-refractivity contribution in [1.82, 2.24) is 5.32 Å². The van der Waals surface area contributed by atoms with Gasteiger partial charge in [0, 0.05) is 9.86 Å². The molecule has 0 bridgehead atoms. The van der Waals surface area contributed by atoms with Gasteiger partial charge in [0.25, 0.3) is 5.91 Å². The maximum absolute atomic E-state index is 12.2. The van der Waals surface area contributed by atoms with E-state index in [0.29, 0.717) is 5.58 Å². The highest BCUT2D eigenvalue weighted by Crippen LogP contribution is 2.24. The van der Waals surface area contributed by atoms with Gasteiger partial charge in [-0.1, -0.05) is 39.1 Å². The highest BCUT2D eigenvalue weighted by Gasteiger charge is 2.26. The number of aliphatic hydroxyl groups is 1. The van der Waals surface area contributed by atoms with Gasteiger partial charge in [0.2, 0.25) is 5.78 Å². The Bertz CT molecular complexity index is 686. The molecule has 1 unspecified atom stereocenters. The summed E-state index contributed by atoms with van der Waals surface area (Å²) >= 11 is 14.1. The van der Waals surface area contributed by atoms with Crippen LogP contribution < -0.4 is 5.32 Å². The predicted molar refractivity (Wildman–Crippen MR) is 82.8 cm³/mol. The smallest absolute Gasteiger partial charge is 0.253 e. The van der Waals surface area contributed by atoms with Gasteiger partial charge in [-0.3, -0.25) is 9.59 Å². The van der Waals surface area contributed by atoms with Crippen LogP contribution in [0, 0.1) is 0 Å². The Kier molecular flexibility index (Phi) is 5.27. The Hall–Kier alpha value is -1.08. The molecule has 0 fully saturated rings. The molecule has 112 valence electrons. The van der Waals surface area contributed by atoms with Gasteiger partial charge in [-0.2, -0.15) is 0 Å². The van der Waals surface area contributed by atoms with Crippen molar-refractivity contribution in [3.8, 4) is 0 Å². The van der Waals surface area contributed by atoms with Gasteiger partial charge in [0.15, 0.2) is 10.6 Å². The molecule has 0 saturated heterocycles. The zero-order valence-corrected chi connectivity index (χ0v) is 13.6. The summed E-state index contributed by atoms with van der Waals surface area (Å²) in [5.74, 6) is -1.29. The minimum atomic E-state index is -1.32. The van der Waals surface area contributed by atoms with E-state index in [4.69, 9.17) is 27.6 Å². The first-order chi connectivity index (χ1) is 9.92. The molecule has 2 rings (SSSR count). The Labute approximate surface area is 138 Å². The van der Waals surface area contributed by atoms with E-state index in [1.807, 2.05) is 0 Å². The molecule has 0 spiro atoms. The average Bonchev–Trinajstić information content (AvgIpc) is 2.86. The second-order valence-electron chi connectivity index (χ2n) is 4.20. The van der Waals surface area contributed by atoms with E-state index in [1.165, 1.54) is 6.07 Å². The van der Waals surface area contributed by atoms with E-state index in [9.17, 15) is 14.7 Å². The lowest BCUT2D eigenvalue weighted by molar-refractivity contribution is -0.120. The zero-order chi connectivity index (χ0) is 15.6. The number of amides is 1. The number of ketones is 1. The minimum absolute atomic E-state index is 0.0307. The fraction of sp³-hybridized carbons (Fsp3) is 0.231. The summed E-state index contributed by atoms with van der Waals surface area (Å²) in [6.07, 6.45) is 0. The fourth-order valence-electron chi connectivity index (χ4n) is 1.74. The van der Waals surface area contributed by atoms with Gasteiger partial charge in [0.05, 0.1) is 6.61 Å². The first-order valence-corrected chi connectivity index (χ1v) is 7.51. The summed E-state index contributed by atoms with van der Waals surface area (Å²) < 4.78 is 6.25. The molecule has 0 aliphatic rings. The van der Waals surface area contributed by atoms with E-state index >= 15 is 0 Å².